The van der Waals surface area contributed by atoms with Crippen LogP contribution in [0.4, 0.5) is 5.69 Å². The molecule has 0 aliphatic rings. The van der Waals surface area contributed by atoms with Crippen LogP contribution in [-0.2, 0) is 9.47 Å². The fourth-order valence-corrected chi connectivity index (χ4v) is 1.45. The minimum absolute atomic E-state index is 0.0721. The van der Waals surface area contributed by atoms with Crippen molar-refractivity contribution in [3.63, 3.8) is 0 Å². The summed E-state index contributed by atoms with van der Waals surface area (Å²) in [6.07, 6.45) is 1.51. The molecule has 0 aliphatic heterocycles. The van der Waals surface area contributed by atoms with Crippen LogP contribution in [0, 0.1) is 6.92 Å². The van der Waals surface area contributed by atoms with E-state index in [0.29, 0.717) is 0 Å². The van der Waals surface area contributed by atoms with Gasteiger partial charge in [0.05, 0.1) is 17.4 Å². The fourth-order valence-electron chi connectivity index (χ4n) is 1.45. The minimum Gasteiger partial charge on any atom is -0.376 e. The summed E-state index contributed by atoms with van der Waals surface area (Å²) in [5.41, 5.74) is 1.97. The number of pyridine rings is 1. The average Bonchev–Trinajstić information content (AvgIpc) is 2.23. The van der Waals surface area contributed by atoms with E-state index in [0.717, 1.165) is 11.4 Å². The van der Waals surface area contributed by atoms with E-state index in [9.17, 15) is 0 Å². The molecule has 1 rings (SSSR count). The van der Waals surface area contributed by atoms with Crippen LogP contribution in [-0.4, -0.2) is 31.5 Å². The second kappa shape index (κ2) is 5.68. The van der Waals surface area contributed by atoms with Gasteiger partial charge >= 0.3 is 0 Å². The van der Waals surface area contributed by atoms with Crippen LogP contribution >= 0.6 is 0 Å². The van der Waals surface area contributed by atoms with E-state index in [4.69, 9.17) is 9.47 Å². The number of nitrogens with one attached hydrogen (secondary N) is 1. The zero-order valence-corrected chi connectivity index (χ0v) is 9.65. The zero-order chi connectivity index (χ0) is 11.3. The molecule has 1 aromatic rings. The fraction of sp³-hybridized carbons (Fsp3) is 0.545. The van der Waals surface area contributed by atoms with Crippen LogP contribution in [0.3, 0.4) is 0 Å². The van der Waals surface area contributed by atoms with E-state index in [-0.39, 0.29) is 12.3 Å². The van der Waals surface area contributed by atoms with Crippen molar-refractivity contribution >= 4 is 5.69 Å². The molecule has 4 heteroatoms. The van der Waals surface area contributed by atoms with Gasteiger partial charge in [-0.1, -0.05) is 0 Å². The van der Waals surface area contributed by atoms with Gasteiger partial charge in [0.1, 0.15) is 0 Å². The Kier molecular flexibility index (Phi) is 4.52. The molecule has 0 radical (unpaired) electrons. The van der Waals surface area contributed by atoms with E-state index < -0.39 is 0 Å². The molecule has 0 aromatic carbocycles. The molecular weight excluding hydrogens is 192 g/mol. The lowest BCUT2D eigenvalue weighted by Crippen LogP contribution is -2.34. The third-order valence-electron chi connectivity index (χ3n) is 2.26. The van der Waals surface area contributed by atoms with Crippen molar-refractivity contribution in [3.8, 4) is 0 Å². The Balaban J connectivity index is 2.65. The smallest absolute Gasteiger partial charge is 0.176 e. The molecule has 0 spiro atoms. The highest BCUT2D eigenvalue weighted by molar-refractivity contribution is 5.47. The van der Waals surface area contributed by atoms with Crippen molar-refractivity contribution in [2.45, 2.75) is 26.2 Å². The normalized spacial score (nSPS) is 12.9. The topological polar surface area (TPSA) is 43.4 Å². The Labute approximate surface area is 90.6 Å². The molecular formula is C11H18N2O2. The van der Waals surface area contributed by atoms with Crippen LogP contribution in [0.5, 0.6) is 0 Å². The molecule has 1 heterocycles. The Hall–Kier alpha value is -1.13. The maximum absolute atomic E-state index is 5.17. The summed E-state index contributed by atoms with van der Waals surface area (Å²) in [5.74, 6) is 0. The van der Waals surface area contributed by atoms with Gasteiger partial charge < -0.3 is 14.8 Å². The van der Waals surface area contributed by atoms with E-state index >= 15 is 0 Å². The number of anilines is 1. The van der Waals surface area contributed by atoms with Gasteiger partial charge in [-0.3, -0.25) is 4.98 Å². The van der Waals surface area contributed by atoms with E-state index in [2.05, 4.69) is 10.3 Å². The molecule has 1 atom stereocenters. The van der Waals surface area contributed by atoms with Crippen molar-refractivity contribution < 1.29 is 9.47 Å². The highest BCUT2D eigenvalue weighted by Gasteiger charge is 2.15. The largest absolute Gasteiger partial charge is 0.376 e. The highest BCUT2D eigenvalue weighted by atomic mass is 16.7. The van der Waals surface area contributed by atoms with Gasteiger partial charge in [-0.25, -0.2) is 0 Å². The van der Waals surface area contributed by atoms with Crippen LogP contribution < -0.4 is 5.32 Å². The molecule has 0 amide bonds. The molecule has 4 nitrogen and oxygen atoms in total. The van der Waals surface area contributed by atoms with Crippen molar-refractivity contribution in [2.24, 2.45) is 0 Å². The third-order valence-corrected chi connectivity index (χ3v) is 2.26. The van der Waals surface area contributed by atoms with E-state index in [1.165, 1.54) is 0 Å². The molecule has 15 heavy (non-hydrogen) atoms. The summed E-state index contributed by atoms with van der Waals surface area (Å²) in [6.45, 7) is 3.97. The van der Waals surface area contributed by atoms with Crippen molar-refractivity contribution in [2.75, 3.05) is 19.5 Å². The predicted molar refractivity (Wildman–Crippen MR) is 59.9 cm³/mol. The first kappa shape index (κ1) is 11.9. The quantitative estimate of drug-likeness (QED) is 0.753. The summed E-state index contributed by atoms with van der Waals surface area (Å²) >= 11 is 0. The summed E-state index contributed by atoms with van der Waals surface area (Å²) in [7, 11) is 3.25. The number of ether oxygens (including phenoxy) is 2. The number of rotatable bonds is 5. The Morgan fingerprint density at radius 1 is 1.33 bits per heavy atom. The van der Waals surface area contributed by atoms with Crippen LogP contribution in [0.15, 0.2) is 18.3 Å². The van der Waals surface area contributed by atoms with Gasteiger partial charge in [-0.2, -0.15) is 0 Å². The molecule has 0 fully saturated rings. The number of aromatic nitrogens is 1. The van der Waals surface area contributed by atoms with E-state index in [1.807, 2.05) is 26.0 Å². The molecule has 84 valence electrons. The van der Waals surface area contributed by atoms with Crippen molar-refractivity contribution in [1.82, 2.24) is 4.98 Å². The summed E-state index contributed by atoms with van der Waals surface area (Å²) in [5, 5.41) is 3.30. The average molecular weight is 210 g/mol. The number of hydrogen-bond donors (Lipinski definition) is 1. The zero-order valence-electron chi connectivity index (χ0n) is 9.65. The van der Waals surface area contributed by atoms with Gasteiger partial charge in [0.15, 0.2) is 6.29 Å². The number of nitrogens with zero attached hydrogens (tertiary/aromatic N) is 1. The van der Waals surface area contributed by atoms with Crippen molar-refractivity contribution in [3.05, 3.63) is 24.0 Å². The second-order valence-electron chi connectivity index (χ2n) is 3.41. The van der Waals surface area contributed by atoms with Gasteiger partial charge in [-0.15, -0.1) is 0 Å². The van der Waals surface area contributed by atoms with Crippen LogP contribution in [0.25, 0.3) is 0 Å². The first-order valence-corrected chi connectivity index (χ1v) is 4.92. The molecule has 0 saturated carbocycles. The lowest BCUT2D eigenvalue weighted by molar-refractivity contribution is -0.109. The lowest BCUT2D eigenvalue weighted by atomic mass is 10.2. The first-order valence-electron chi connectivity index (χ1n) is 4.92. The first-order chi connectivity index (χ1) is 7.19. The molecule has 0 saturated heterocycles. The van der Waals surface area contributed by atoms with Gasteiger partial charge in [0.2, 0.25) is 0 Å². The second-order valence-corrected chi connectivity index (χ2v) is 3.41. The maximum atomic E-state index is 5.17. The summed E-state index contributed by atoms with van der Waals surface area (Å²) in [4.78, 5) is 4.20. The minimum atomic E-state index is -0.260. The van der Waals surface area contributed by atoms with Gasteiger partial charge in [-0.05, 0) is 26.0 Å². The Morgan fingerprint density at radius 2 is 2.00 bits per heavy atom. The molecule has 1 unspecified atom stereocenters. The lowest BCUT2D eigenvalue weighted by Gasteiger charge is -2.23. The SMILES string of the molecule is COC(OC)C(C)Nc1cccnc1C. The molecule has 1 aromatic heterocycles. The molecule has 0 bridgehead atoms. The predicted octanol–water partition coefficient (Wildman–Crippen LogP) is 1.81. The van der Waals surface area contributed by atoms with Gasteiger partial charge in [0.25, 0.3) is 0 Å². The number of methoxy groups -OCH3 is 2. The number of aryl methyl sites for hydroxylation is 1. The third kappa shape index (κ3) is 3.18. The monoisotopic (exact) mass is 210 g/mol. The Bertz CT molecular complexity index is 300. The van der Waals surface area contributed by atoms with Gasteiger partial charge in [0, 0.05) is 20.4 Å². The Morgan fingerprint density at radius 3 is 2.53 bits per heavy atom. The van der Waals surface area contributed by atoms with Crippen LogP contribution in [0.1, 0.15) is 12.6 Å². The molecule has 1 N–H and O–H groups in total. The maximum Gasteiger partial charge on any atom is 0.176 e. The van der Waals surface area contributed by atoms with Crippen LogP contribution in [0.2, 0.25) is 0 Å². The molecule has 0 aliphatic carbocycles. The van der Waals surface area contributed by atoms with Crippen molar-refractivity contribution in [1.29, 1.82) is 0 Å². The van der Waals surface area contributed by atoms with E-state index in [1.54, 1.807) is 20.4 Å². The number of hydrogen-bond acceptors (Lipinski definition) is 4. The summed E-state index contributed by atoms with van der Waals surface area (Å²) < 4.78 is 10.3. The standard InChI is InChI=1S/C11H18N2O2/c1-8-10(6-5-7-12-8)13-9(2)11(14-3)15-4/h5-7,9,11,13H,1-4H3. The highest BCUT2D eigenvalue weighted by Crippen LogP contribution is 2.13. The summed E-state index contributed by atoms with van der Waals surface area (Å²) in [6, 6.07) is 3.96.